The first-order valence-corrected chi connectivity index (χ1v) is 8.39. The molecule has 1 amide bonds. The average molecular weight is 359 g/mol. The first-order valence-electron chi connectivity index (χ1n) is 8.39. The number of carbonyl (C=O) groups excluding carboxylic acids is 1. The van der Waals surface area contributed by atoms with Crippen LogP contribution in [0.5, 0.6) is 23.0 Å². The Morgan fingerprint density at radius 1 is 0.923 bits per heavy atom. The first kappa shape index (κ1) is 19.4. The first-order chi connectivity index (χ1) is 12.6. The molecular formula is C20H25NO5. The van der Waals surface area contributed by atoms with Crippen LogP contribution in [0.25, 0.3) is 0 Å². The second-order valence-electron chi connectivity index (χ2n) is 5.61. The van der Waals surface area contributed by atoms with E-state index in [1.165, 1.54) is 0 Å². The summed E-state index contributed by atoms with van der Waals surface area (Å²) in [4.78, 5) is 12.2. The SMILES string of the molecule is CC[C@H](NC(=O)COc1ccc(OC)cc1)c1ccc(OC)c(OC)c1. The van der Waals surface area contributed by atoms with Gasteiger partial charge in [-0.15, -0.1) is 0 Å². The second kappa shape index (κ2) is 9.56. The molecular weight excluding hydrogens is 334 g/mol. The molecule has 0 heterocycles. The third kappa shape index (κ3) is 5.05. The van der Waals surface area contributed by atoms with E-state index in [1.54, 1.807) is 45.6 Å². The zero-order valence-corrected chi connectivity index (χ0v) is 15.6. The molecule has 0 radical (unpaired) electrons. The molecule has 6 nitrogen and oxygen atoms in total. The highest BCUT2D eigenvalue weighted by Crippen LogP contribution is 2.30. The van der Waals surface area contributed by atoms with Crippen LogP contribution in [0.2, 0.25) is 0 Å². The van der Waals surface area contributed by atoms with Crippen molar-refractivity contribution >= 4 is 5.91 Å². The van der Waals surface area contributed by atoms with Crippen LogP contribution in [0.15, 0.2) is 42.5 Å². The Labute approximate surface area is 154 Å². The molecule has 2 rings (SSSR count). The molecule has 0 saturated heterocycles. The maximum absolute atomic E-state index is 12.2. The van der Waals surface area contributed by atoms with Gasteiger partial charge in [-0.3, -0.25) is 4.79 Å². The van der Waals surface area contributed by atoms with E-state index in [-0.39, 0.29) is 18.6 Å². The Balaban J connectivity index is 1.96. The van der Waals surface area contributed by atoms with Gasteiger partial charge in [0.25, 0.3) is 5.91 Å². The summed E-state index contributed by atoms with van der Waals surface area (Å²) in [6.45, 7) is 1.95. The minimum atomic E-state index is -0.192. The number of rotatable bonds is 9. The van der Waals surface area contributed by atoms with Crippen molar-refractivity contribution in [3.8, 4) is 23.0 Å². The van der Waals surface area contributed by atoms with E-state index in [1.807, 2.05) is 25.1 Å². The molecule has 6 heteroatoms. The van der Waals surface area contributed by atoms with Crippen LogP contribution in [0, 0.1) is 0 Å². The van der Waals surface area contributed by atoms with E-state index in [0.29, 0.717) is 17.2 Å². The van der Waals surface area contributed by atoms with Gasteiger partial charge in [0.1, 0.15) is 11.5 Å². The topological polar surface area (TPSA) is 66.0 Å². The highest BCUT2D eigenvalue weighted by molar-refractivity contribution is 5.78. The molecule has 0 aliphatic rings. The molecule has 2 aromatic carbocycles. The van der Waals surface area contributed by atoms with Gasteiger partial charge in [-0.2, -0.15) is 0 Å². The van der Waals surface area contributed by atoms with Crippen molar-refractivity contribution < 1.29 is 23.7 Å². The molecule has 0 aliphatic carbocycles. The molecule has 0 spiro atoms. The van der Waals surface area contributed by atoms with Gasteiger partial charge in [0.2, 0.25) is 0 Å². The van der Waals surface area contributed by atoms with Gasteiger partial charge in [-0.05, 0) is 48.4 Å². The highest BCUT2D eigenvalue weighted by Gasteiger charge is 2.15. The zero-order chi connectivity index (χ0) is 18.9. The monoisotopic (exact) mass is 359 g/mol. The fourth-order valence-corrected chi connectivity index (χ4v) is 2.55. The number of nitrogens with one attached hydrogen (secondary N) is 1. The molecule has 0 aromatic heterocycles. The predicted molar refractivity (Wildman–Crippen MR) is 99.2 cm³/mol. The molecule has 1 atom stereocenters. The van der Waals surface area contributed by atoms with Gasteiger partial charge < -0.3 is 24.3 Å². The summed E-state index contributed by atoms with van der Waals surface area (Å²) in [7, 11) is 4.78. The van der Waals surface area contributed by atoms with Gasteiger partial charge in [0.05, 0.1) is 27.4 Å². The number of methoxy groups -OCH3 is 3. The normalized spacial score (nSPS) is 11.4. The number of hydrogen-bond donors (Lipinski definition) is 1. The number of amides is 1. The smallest absolute Gasteiger partial charge is 0.258 e. The lowest BCUT2D eigenvalue weighted by atomic mass is 10.0. The Morgan fingerprint density at radius 3 is 2.15 bits per heavy atom. The molecule has 0 bridgehead atoms. The molecule has 2 aromatic rings. The maximum Gasteiger partial charge on any atom is 0.258 e. The summed E-state index contributed by atoms with van der Waals surface area (Å²) in [5.41, 5.74) is 0.947. The summed E-state index contributed by atoms with van der Waals surface area (Å²) in [5.74, 6) is 2.44. The highest BCUT2D eigenvalue weighted by atomic mass is 16.5. The van der Waals surface area contributed by atoms with E-state index in [0.717, 1.165) is 17.7 Å². The molecule has 1 N–H and O–H groups in total. The van der Waals surface area contributed by atoms with Gasteiger partial charge >= 0.3 is 0 Å². The molecule has 0 fully saturated rings. The van der Waals surface area contributed by atoms with Crippen LogP contribution >= 0.6 is 0 Å². The second-order valence-corrected chi connectivity index (χ2v) is 5.61. The van der Waals surface area contributed by atoms with Crippen molar-refractivity contribution in [3.63, 3.8) is 0 Å². The minimum absolute atomic E-state index is 0.0594. The van der Waals surface area contributed by atoms with Crippen LogP contribution in [0.3, 0.4) is 0 Å². The lowest BCUT2D eigenvalue weighted by Crippen LogP contribution is -2.32. The van der Waals surface area contributed by atoms with Gasteiger partial charge in [0.15, 0.2) is 18.1 Å². The Kier molecular flexibility index (Phi) is 7.14. The molecule has 0 unspecified atom stereocenters. The van der Waals surface area contributed by atoms with Crippen LogP contribution in [0.1, 0.15) is 24.9 Å². The fourth-order valence-electron chi connectivity index (χ4n) is 2.55. The zero-order valence-electron chi connectivity index (χ0n) is 15.6. The molecule has 26 heavy (non-hydrogen) atoms. The van der Waals surface area contributed by atoms with Crippen LogP contribution < -0.4 is 24.3 Å². The summed E-state index contributed by atoms with van der Waals surface area (Å²) < 4.78 is 21.2. The Morgan fingerprint density at radius 2 is 1.58 bits per heavy atom. The third-order valence-corrected chi connectivity index (χ3v) is 3.98. The maximum atomic E-state index is 12.2. The predicted octanol–water partition coefficient (Wildman–Crippen LogP) is 3.36. The van der Waals surface area contributed by atoms with E-state index in [9.17, 15) is 4.79 Å². The van der Waals surface area contributed by atoms with Crippen molar-refractivity contribution in [2.24, 2.45) is 0 Å². The van der Waals surface area contributed by atoms with Crippen LogP contribution in [0.4, 0.5) is 0 Å². The number of ether oxygens (including phenoxy) is 4. The van der Waals surface area contributed by atoms with Crippen LogP contribution in [-0.2, 0) is 4.79 Å². The van der Waals surface area contributed by atoms with E-state index < -0.39 is 0 Å². The lowest BCUT2D eigenvalue weighted by Gasteiger charge is -2.19. The average Bonchev–Trinajstić information content (AvgIpc) is 2.70. The van der Waals surface area contributed by atoms with Gasteiger partial charge in [-0.1, -0.05) is 13.0 Å². The number of carbonyl (C=O) groups is 1. The van der Waals surface area contributed by atoms with Gasteiger partial charge in [-0.25, -0.2) is 0 Å². The lowest BCUT2D eigenvalue weighted by molar-refractivity contribution is -0.123. The number of hydrogen-bond acceptors (Lipinski definition) is 5. The molecule has 0 saturated carbocycles. The molecule has 0 aliphatic heterocycles. The van der Waals surface area contributed by atoms with Crippen LogP contribution in [-0.4, -0.2) is 33.8 Å². The Hall–Kier alpha value is -2.89. The van der Waals surface area contributed by atoms with E-state index in [2.05, 4.69) is 5.32 Å². The Bertz CT molecular complexity index is 715. The molecule has 140 valence electrons. The number of benzene rings is 2. The van der Waals surface area contributed by atoms with Crippen molar-refractivity contribution in [1.29, 1.82) is 0 Å². The van der Waals surface area contributed by atoms with E-state index >= 15 is 0 Å². The quantitative estimate of drug-likeness (QED) is 0.744. The summed E-state index contributed by atoms with van der Waals surface area (Å²) in [5, 5.41) is 2.98. The summed E-state index contributed by atoms with van der Waals surface area (Å²) in [6, 6.07) is 12.6. The van der Waals surface area contributed by atoms with Crippen molar-refractivity contribution in [2.45, 2.75) is 19.4 Å². The van der Waals surface area contributed by atoms with Crippen molar-refractivity contribution in [3.05, 3.63) is 48.0 Å². The standard InChI is InChI=1S/C20H25NO5/c1-5-17(14-6-11-18(24-3)19(12-14)25-4)21-20(22)13-26-16-9-7-15(23-2)8-10-16/h6-12,17H,5,13H2,1-4H3,(H,21,22)/t17-/m0/s1. The largest absolute Gasteiger partial charge is 0.497 e. The summed E-state index contributed by atoms with van der Waals surface area (Å²) >= 11 is 0. The minimum Gasteiger partial charge on any atom is -0.497 e. The van der Waals surface area contributed by atoms with Crippen molar-refractivity contribution in [1.82, 2.24) is 5.32 Å². The summed E-state index contributed by atoms with van der Waals surface area (Å²) in [6.07, 6.45) is 0.740. The third-order valence-electron chi connectivity index (χ3n) is 3.98. The van der Waals surface area contributed by atoms with Gasteiger partial charge in [0, 0.05) is 0 Å². The van der Waals surface area contributed by atoms with E-state index in [4.69, 9.17) is 18.9 Å². The fraction of sp³-hybridized carbons (Fsp3) is 0.350. The van der Waals surface area contributed by atoms with Crippen molar-refractivity contribution in [2.75, 3.05) is 27.9 Å².